The molecule has 0 saturated heterocycles. The molecule has 138 valence electrons. The second-order valence-electron chi connectivity index (χ2n) is 7.56. The van der Waals surface area contributed by atoms with Crippen LogP contribution in [0.3, 0.4) is 0 Å². The molecule has 1 aromatic heterocycles. The van der Waals surface area contributed by atoms with Crippen LogP contribution in [-0.2, 0) is 0 Å². The number of aryl methyl sites for hydroxylation is 1. The fraction of sp³-hybridized carbons (Fsp3) is 0.167. The molecule has 0 fully saturated rings. The van der Waals surface area contributed by atoms with Gasteiger partial charge < -0.3 is 0 Å². The van der Waals surface area contributed by atoms with Crippen molar-refractivity contribution < 1.29 is 0 Å². The van der Waals surface area contributed by atoms with Gasteiger partial charge in [0.2, 0.25) is 5.82 Å². The van der Waals surface area contributed by atoms with E-state index in [1.54, 1.807) is 0 Å². The normalized spacial score (nSPS) is 21.1. The fourth-order valence-electron chi connectivity index (χ4n) is 4.37. The van der Waals surface area contributed by atoms with Gasteiger partial charge in [0.15, 0.2) is 6.17 Å². The highest BCUT2D eigenvalue weighted by atomic mass is 15.6. The Kier molecular flexibility index (Phi) is 3.71. The van der Waals surface area contributed by atoms with E-state index in [1.807, 2.05) is 30.3 Å². The lowest BCUT2D eigenvalue weighted by molar-refractivity contribution is 0.381. The maximum absolute atomic E-state index is 5.12. The van der Waals surface area contributed by atoms with Gasteiger partial charge in [-0.05, 0) is 37.3 Å². The lowest BCUT2D eigenvalue weighted by Crippen LogP contribution is -2.50. The zero-order chi connectivity index (χ0) is 19.3. The minimum absolute atomic E-state index is 0.121. The van der Waals surface area contributed by atoms with Crippen LogP contribution >= 0.6 is 0 Å². The van der Waals surface area contributed by atoms with Gasteiger partial charge in [-0.2, -0.15) is 4.98 Å². The summed E-state index contributed by atoms with van der Waals surface area (Å²) in [5, 5.41) is 0. The quantitative estimate of drug-likeness (QED) is 0.425. The van der Waals surface area contributed by atoms with Crippen LogP contribution in [0.1, 0.15) is 12.5 Å². The number of benzene rings is 3. The van der Waals surface area contributed by atoms with Gasteiger partial charge in [-0.1, -0.05) is 48.5 Å². The van der Waals surface area contributed by atoms with Gasteiger partial charge in [-0.15, -0.1) is 0 Å². The number of para-hydroxylation sites is 4. The predicted octanol–water partition coefficient (Wildman–Crippen LogP) is 5.70. The number of nitrogens with zero attached hydrogens (tertiary/aromatic N) is 4. The topological polar surface area (TPSA) is 29.0 Å². The van der Waals surface area contributed by atoms with Gasteiger partial charge in [0.1, 0.15) is 5.69 Å². The van der Waals surface area contributed by atoms with Crippen molar-refractivity contribution in [2.75, 3.05) is 11.9 Å². The highest BCUT2D eigenvalue weighted by molar-refractivity contribution is 5.87. The van der Waals surface area contributed by atoms with Crippen LogP contribution in [-0.4, -0.2) is 23.2 Å². The Morgan fingerprint density at radius 1 is 0.786 bits per heavy atom. The molecule has 2 unspecified atom stereocenters. The zero-order valence-electron chi connectivity index (χ0n) is 16.4. The maximum atomic E-state index is 5.12. The molecular weight excluding hydrogens is 344 g/mol. The Hall–Kier alpha value is -3.24. The minimum atomic E-state index is 0.121. The summed E-state index contributed by atoms with van der Waals surface area (Å²) in [6.07, 6.45) is 0.121. The molecule has 4 nitrogen and oxygen atoms in total. The Balaban J connectivity index is 1.84. The van der Waals surface area contributed by atoms with E-state index in [0.29, 0.717) is 4.48 Å². The van der Waals surface area contributed by atoms with Crippen LogP contribution in [0.4, 0.5) is 23.0 Å². The first-order valence-electron chi connectivity index (χ1n) is 9.65. The minimum Gasteiger partial charge on any atom is -0.269 e. The number of hydrogen-bond acceptors (Lipinski definition) is 3. The molecule has 1 aliphatic rings. The predicted molar refractivity (Wildman–Crippen MR) is 116 cm³/mol. The van der Waals surface area contributed by atoms with E-state index in [1.165, 1.54) is 11.3 Å². The molecule has 0 spiro atoms. The summed E-state index contributed by atoms with van der Waals surface area (Å²) in [5.41, 5.74) is 5.50. The van der Waals surface area contributed by atoms with Crippen molar-refractivity contribution >= 4 is 34.0 Å². The van der Waals surface area contributed by atoms with E-state index in [-0.39, 0.29) is 6.17 Å². The van der Waals surface area contributed by atoms with Crippen molar-refractivity contribution in [3.8, 4) is 0 Å². The van der Waals surface area contributed by atoms with Crippen LogP contribution in [0.25, 0.3) is 11.0 Å². The van der Waals surface area contributed by atoms with E-state index in [2.05, 4.69) is 74.3 Å². The maximum Gasteiger partial charge on any atom is 0.279 e. The monoisotopic (exact) mass is 367 g/mol. The van der Waals surface area contributed by atoms with E-state index in [9.17, 15) is 0 Å². The number of aromatic nitrogens is 2. The molecule has 0 N–H and O–H groups in total. The summed E-state index contributed by atoms with van der Waals surface area (Å²) in [6, 6.07) is 27.2. The summed E-state index contributed by atoms with van der Waals surface area (Å²) < 4.78 is 0.592. The van der Waals surface area contributed by atoms with Crippen molar-refractivity contribution in [2.24, 2.45) is 0 Å². The van der Waals surface area contributed by atoms with Crippen molar-refractivity contribution in [1.82, 2.24) is 14.5 Å². The summed E-state index contributed by atoms with van der Waals surface area (Å²) in [6.45, 7) is 4.43. The van der Waals surface area contributed by atoms with E-state index >= 15 is 0 Å². The summed E-state index contributed by atoms with van der Waals surface area (Å²) in [7, 11) is 2.25. The molecule has 0 radical (unpaired) electrons. The molecule has 5 rings (SSSR count). The number of anilines is 2. The van der Waals surface area contributed by atoms with Crippen molar-refractivity contribution in [2.45, 2.75) is 20.0 Å². The Labute approximate surface area is 165 Å². The van der Waals surface area contributed by atoms with Crippen molar-refractivity contribution in [3.05, 3.63) is 84.4 Å². The second kappa shape index (κ2) is 6.14. The molecule has 2 heterocycles. The molecule has 1 aliphatic heterocycles. The molecule has 0 bridgehead atoms. The highest BCUT2D eigenvalue weighted by Crippen LogP contribution is 2.51. The number of hydrogen-bond donors (Lipinski definition) is 0. The standard InChI is InChI=1S/C24H23N4/c1-17-11-7-10-16-22(17)28(3)18(2)27(19-12-5-4-6-13-19)23-24(28)26-21-15-9-8-14-20(21)25-23/h4-16,18H,1-3H3/q+1. The molecule has 0 amide bonds. The average Bonchev–Trinajstić information content (AvgIpc) is 2.95. The van der Waals surface area contributed by atoms with E-state index < -0.39 is 0 Å². The van der Waals surface area contributed by atoms with Gasteiger partial charge in [-0.25, -0.2) is 9.47 Å². The van der Waals surface area contributed by atoms with Gasteiger partial charge in [0, 0.05) is 18.2 Å². The van der Waals surface area contributed by atoms with Gasteiger partial charge in [-0.3, -0.25) is 4.90 Å². The Bertz CT molecular complexity index is 1170. The highest BCUT2D eigenvalue weighted by Gasteiger charge is 2.51. The molecule has 2 atom stereocenters. The third kappa shape index (κ3) is 2.28. The number of quaternary nitrogens is 1. The van der Waals surface area contributed by atoms with Crippen LogP contribution in [0.15, 0.2) is 78.9 Å². The van der Waals surface area contributed by atoms with Crippen molar-refractivity contribution in [1.29, 1.82) is 0 Å². The molecular formula is C24H23N4+. The molecule has 4 aromatic rings. The first kappa shape index (κ1) is 16.9. The summed E-state index contributed by atoms with van der Waals surface area (Å²) in [4.78, 5) is 12.5. The molecule has 0 saturated carbocycles. The number of fused-ring (bicyclic) bond motifs is 2. The van der Waals surface area contributed by atoms with Gasteiger partial charge in [0.05, 0.1) is 18.1 Å². The summed E-state index contributed by atoms with van der Waals surface area (Å²) >= 11 is 0. The molecule has 0 aliphatic carbocycles. The Morgan fingerprint density at radius 3 is 2.11 bits per heavy atom. The molecule has 3 aromatic carbocycles. The third-order valence-corrected chi connectivity index (χ3v) is 5.97. The smallest absolute Gasteiger partial charge is 0.269 e. The largest absolute Gasteiger partial charge is 0.279 e. The van der Waals surface area contributed by atoms with Crippen LogP contribution in [0.2, 0.25) is 0 Å². The fourth-order valence-corrected chi connectivity index (χ4v) is 4.37. The van der Waals surface area contributed by atoms with Crippen molar-refractivity contribution in [3.63, 3.8) is 0 Å². The lowest BCUT2D eigenvalue weighted by atomic mass is 10.1. The van der Waals surface area contributed by atoms with Crippen LogP contribution < -0.4 is 9.38 Å². The zero-order valence-corrected chi connectivity index (χ0v) is 16.4. The van der Waals surface area contributed by atoms with E-state index in [0.717, 1.165) is 28.4 Å². The first-order valence-corrected chi connectivity index (χ1v) is 9.65. The number of rotatable bonds is 2. The second-order valence-corrected chi connectivity index (χ2v) is 7.56. The van der Waals surface area contributed by atoms with E-state index in [4.69, 9.17) is 9.97 Å². The van der Waals surface area contributed by atoms with Crippen LogP contribution in [0.5, 0.6) is 0 Å². The Morgan fingerprint density at radius 2 is 1.39 bits per heavy atom. The van der Waals surface area contributed by atoms with Crippen LogP contribution in [0, 0.1) is 6.92 Å². The SMILES string of the molecule is Cc1ccccc1[N+]1(C)c2nc3ccccc3nc2N(c2ccccc2)C1C. The first-order chi connectivity index (χ1) is 13.6. The average molecular weight is 367 g/mol. The lowest BCUT2D eigenvalue weighted by Gasteiger charge is -2.35. The molecule has 4 heteroatoms. The van der Waals surface area contributed by atoms with Gasteiger partial charge >= 0.3 is 0 Å². The van der Waals surface area contributed by atoms with Gasteiger partial charge in [0.25, 0.3) is 5.82 Å². The third-order valence-electron chi connectivity index (χ3n) is 5.97. The molecule has 28 heavy (non-hydrogen) atoms. The summed E-state index contributed by atoms with van der Waals surface area (Å²) in [5.74, 6) is 1.92.